The SMILES string of the molecule is CC(C)(C)[C@H](c1cc(-c2cc(F)ccc2F)cn1Cc1ccccc1)N(CC[C@H](N)C(=O)NCCOCCNC(=O)CCC(=O)CCC(=O)O)C(=O)CO. The maximum Gasteiger partial charge on any atom is 0.303 e. The summed E-state index contributed by atoms with van der Waals surface area (Å²) in [6, 6.07) is 12.7. The Balaban J connectivity index is 1.63. The number of carbonyl (C=O) groups excluding carboxylic acids is 4. The molecule has 0 bridgehead atoms. The summed E-state index contributed by atoms with van der Waals surface area (Å²) in [7, 11) is 0. The number of nitrogens with two attached hydrogens (primary N) is 1. The number of hydrogen-bond acceptors (Lipinski definition) is 8. The number of aliphatic carboxylic acids is 1. The van der Waals surface area contributed by atoms with E-state index in [1.54, 1.807) is 12.3 Å². The summed E-state index contributed by atoms with van der Waals surface area (Å²) in [6.07, 6.45) is 1.26. The number of aliphatic hydroxyl groups is 1. The lowest BCUT2D eigenvalue weighted by Gasteiger charge is -2.41. The van der Waals surface area contributed by atoms with Gasteiger partial charge in [-0.25, -0.2) is 8.78 Å². The van der Waals surface area contributed by atoms with Crippen molar-refractivity contribution in [2.75, 3.05) is 39.5 Å². The number of carboxylic acid groups (broad SMARTS) is 1. The maximum absolute atomic E-state index is 15.0. The van der Waals surface area contributed by atoms with Gasteiger partial charge in [0.2, 0.25) is 17.7 Å². The van der Waals surface area contributed by atoms with E-state index in [-0.39, 0.29) is 82.2 Å². The lowest BCUT2D eigenvalue weighted by Crippen LogP contribution is -2.48. The Morgan fingerprint density at radius 2 is 1.59 bits per heavy atom. The third kappa shape index (κ3) is 13.8. The molecule has 1 aromatic heterocycles. The highest BCUT2D eigenvalue weighted by Crippen LogP contribution is 2.41. The highest BCUT2D eigenvalue weighted by atomic mass is 19.1. The van der Waals surface area contributed by atoms with E-state index in [1.165, 1.54) is 4.90 Å². The summed E-state index contributed by atoms with van der Waals surface area (Å²) in [6.45, 7) is 5.86. The molecule has 0 radical (unpaired) electrons. The van der Waals surface area contributed by atoms with E-state index in [0.29, 0.717) is 17.8 Å². The predicted molar refractivity (Wildman–Crippen MR) is 197 cm³/mol. The number of aromatic nitrogens is 1. The normalized spacial score (nSPS) is 12.5. The summed E-state index contributed by atoms with van der Waals surface area (Å²) in [5, 5.41) is 24.0. The Morgan fingerprint density at radius 3 is 2.24 bits per heavy atom. The summed E-state index contributed by atoms with van der Waals surface area (Å²) >= 11 is 0. The number of amides is 3. The molecule has 0 saturated heterocycles. The largest absolute Gasteiger partial charge is 0.481 e. The number of rotatable bonds is 22. The quantitative estimate of drug-likeness (QED) is 0.0954. The van der Waals surface area contributed by atoms with Crippen LogP contribution in [0.2, 0.25) is 0 Å². The van der Waals surface area contributed by atoms with Gasteiger partial charge in [-0.3, -0.25) is 24.0 Å². The van der Waals surface area contributed by atoms with Crippen LogP contribution in [0.3, 0.4) is 0 Å². The second-order valence-corrected chi connectivity index (χ2v) is 14.0. The average molecular weight is 756 g/mol. The molecule has 2 atom stereocenters. The molecule has 3 amide bonds. The molecule has 0 saturated carbocycles. The van der Waals surface area contributed by atoms with Gasteiger partial charge in [-0.1, -0.05) is 51.1 Å². The number of aliphatic hydroxyl groups excluding tert-OH is 1. The number of nitrogens with zero attached hydrogens (tertiary/aromatic N) is 2. The molecular weight excluding hydrogens is 704 g/mol. The molecule has 13 nitrogen and oxygen atoms in total. The number of halogens is 2. The molecule has 294 valence electrons. The second kappa shape index (κ2) is 21.0. The van der Waals surface area contributed by atoms with E-state index in [4.69, 9.17) is 15.6 Å². The van der Waals surface area contributed by atoms with E-state index in [9.17, 15) is 37.9 Å². The van der Waals surface area contributed by atoms with Crippen molar-refractivity contribution in [1.29, 1.82) is 0 Å². The molecule has 3 rings (SSSR count). The highest BCUT2D eigenvalue weighted by Gasteiger charge is 2.37. The van der Waals surface area contributed by atoms with Crippen molar-refractivity contribution in [3.63, 3.8) is 0 Å². The van der Waals surface area contributed by atoms with E-state index in [0.717, 1.165) is 23.8 Å². The van der Waals surface area contributed by atoms with Crippen LogP contribution in [0.5, 0.6) is 0 Å². The molecule has 0 aliphatic carbocycles. The van der Waals surface area contributed by atoms with Crippen molar-refractivity contribution in [2.24, 2.45) is 11.1 Å². The number of benzene rings is 2. The van der Waals surface area contributed by atoms with Gasteiger partial charge in [-0.05, 0) is 41.7 Å². The lowest BCUT2D eigenvalue weighted by atomic mass is 9.82. The van der Waals surface area contributed by atoms with Gasteiger partial charge in [-0.15, -0.1) is 0 Å². The van der Waals surface area contributed by atoms with Crippen LogP contribution in [-0.4, -0.2) is 94.7 Å². The topological polar surface area (TPSA) is 193 Å². The van der Waals surface area contributed by atoms with Gasteiger partial charge >= 0.3 is 5.97 Å². The smallest absolute Gasteiger partial charge is 0.303 e. The van der Waals surface area contributed by atoms with E-state index >= 15 is 0 Å². The van der Waals surface area contributed by atoms with E-state index < -0.39 is 53.5 Å². The van der Waals surface area contributed by atoms with Crippen molar-refractivity contribution in [1.82, 2.24) is 20.1 Å². The standard InChI is InChI=1S/C39H51F2N5O8/c1-39(2,3)37(33-21-27(30-22-28(40)9-12-31(30)41)24-45(33)23-26-7-5-4-6-8-26)46(35(50)25-47)18-15-32(42)38(53)44-17-20-54-19-16-43-34(49)13-10-29(48)11-14-36(51)52/h4-9,12,21-22,24,32,37,47H,10-11,13-20,23,25,42H2,1-3H3,(H,43,49)(H,44,53)(H,51,52)/t32-,37-/m0/s1. The fourth-order valence-corrected chi connectivity index (χ4v) is 5.96. The lowest BCUT2D eigenvalue weighted by molar-refractivity contribution is -0.140. The van der Waals surface area contributed by atoms with Crippen molar-refractivity contribution >= 4 is 29.5 Å². The number of Topliss-reactive ketones (excluding diaryl/α,β-unsaturated/α-hetero) is 1. The molecule has 6 N–H and O–H groups in total. The van der Waals surface area contributed by atoms with Crippen LogP contribution < -0.4 is 16.4 Å². The fraction of sp³-hybridized carbons (Fsp3) is 0.462. The Morgan fingerprint density at radius 1 is 0.926 bits per heavy atom. The van der Waals surface area contributed by atoms with Crippen molar-refractivity contribution < 1.29 is 47.7 Å². The highest BCUT2D eigenvalue weighted by molar-refractivity contribution is 5.86. The predicted octanol–water partition coefficient (Wildman–Crippen LogP) is 3.57. The zero-order valence-corrected chi connectivity index (χ0v) is 31.0. The first-order valence-corrected chi connectivity index (χ1v) is 17.8. The molecule has 0 aliphatic heterocycles. The van der Waals surface area contributed by atoms with Crippen LogP contribution in [0.15, 0.2) is 60.8 Å². The molecule has 3 aromatic rings. The van der Waals surface area contributed by atoms with Crippen molar-refractivity contribution in [2.45, 2.75) is 71.5 Å². The van der Waals surface area contributed by atoms with E-state index in [1.807, 2.05) is 55.7 Å². The number of nitrogens with one attached hydrogen (secondary N) is 2. The minimum atomic E-state index is -1.07. The van der Waals surface area contributed by atoms with Crippen LogP contribution >= 0.6 is 0 Å². The van der Waals surface area contributed by atoms with Crippen LogP contribution in [0.1, 0.15) is 70.2 Å². The van der Waals surface area contributed by atoms with Crippen LogP contribution in [0.4, 0.5) is 8.78 Å². The molecule has 0 fully saturated rings. The number of hydrogen-bond donors (Lipinski definition) is 5. The van der Waals surface area contributed by atoms with Crippen molar-refractivity contribution in [3.05, 3.63) is 83.7 Å². The first-order valence-electron chi connectivity index (χ1n) is 17.8. The molecule has 2 aromatic carbocycles. The number of ether oxygens (including phenoxy) is 1. The van der Waals surface area contributed by atoms with Crippen LogP contribution in [0.25, 0.3) is 11.1 Å². The molecular formula is C39H51F2N5O8. The zero-order valence-electron chi connectivity index (χ0n) is 31.0. The van der Waals surface area contributed by atoms with E-state index in [2.05, 4.69) is 10.6 Å². The summed E-state index contributed by atoms with van der Waals surface area (Å²) in [5.41, 5.74) is 7.61. The first kappa shape index (κ1) is 43.4. The third-order valence-corrected chi connectivity index (χ3v) is 8.61. The summed E-state index contributed by atoms with van der Waals surface area (Å²) < 4.78 is 36.6. The minimum Gasteiger partial charge on any atom is -0.481 e. The van der Waals surface area contributed by atoms with Gasteiger partial charge in [-0.2, -0.15) is 0 Å². The Bertz CT molecular complexity index is 1730. The molecule has 0 unspecified atom stereocenters. The van der Waals surface area contributed by atoms with Gasteiger partial charge in [0.1, 0.15) is 24.0 Å². The van der Waals surface area contributed by atoms with Crippen LogP contribution in [0, 0.1) is 17.0 Å². The average Bonchev–Trinajstić information content (AvgIpc) is 3.53. The molecule has 0 aliphatic rings. The Labute approximate surface area is 313 Å². The maximum atomic E-state index is 15.0. The third-order valence-electron chi connectivity index (χ3n) is 8.61. The van der Waals surface area contributed by atoms with Gasteiger partial charge in [0.15, 0.2) is 0 Å². The minimum absolute atomic E-state index is 0.00253. The first-order chi connectivity index (χ1) is 25.6. The molecule has 0 spiro atoms. The Hall–Kier alpha value is -4.99. The van der Waals surface area contributed by atoms with Gasteiger partial charge in [0.25, 0.3) is 0 Å². The molecule has 15 heteroatoms. The van der Waals surface area contributed by atoms with Gasteiger partial charge in [0, 0.05) is 68.5 Å². The zero-order chi connectivity index (χ0) is 39.8. The molecule has 1 heterocycles. The van der Waals surface area contributed by atoms with Gasteiger partial charge < -0.3 is 40.8 Å². The monoisotopic (exact) mass is 755 g/mol. The number of ketones is 1. The van der Waals surface area contributed by atoms with Crippen molar-refractivity contribution in [3.8, 4) is 11.1 Å². The number of carbonyl (C=O) groups is 5. The fourth-order valence-electron chi connectivity index (χ4n) is 5.96. The second-order valence-electron chi connectivity index (χ2n) is 14.0. The Kier molecular flexibility index (Phi) is 16.9. The summed E-state index contributed by atoms with van der Waals surface area (Å²) in [4.78, 5) is 61.8. The molecule has 54 heavy (non-hydrogen) atoms. The van der Waals surface area contributed by atoms with Gasteiger partial charge in [0.05, 0.1) is 31.7 Å². The van der Waals surface area contributed by atoms with Crippen LogP contribution in [-0.2, 0) is 35.3 Å². The number of carboxylic acids is 1. The summed E-state index contributed by atoms with van der Waals surface area (Å²) in [5.74, 6) is -4.04.